The minimum absolute atomic E-state index is 0.439. The van der Waals surface area contributed by atoms with E-state index in [4.69, 9.17) is 16.3 Å². The molecule has 0 atom stereocenters. The summed E-state index contributed by atoms with van der Waals surface area (Å²) < 4.78 is 5.36. The molecule has 0 fully saturated rings. The van der Waals surface area contributed by atoms with E-state index in [9.17, 15) is 0 Å². The van der Waals surface area contributed by atoms with Crippen LogP contribution in [-0.2, 0) is 0 Å². The largest absolute Gasteiger partial charge is 0.477 e. The highest BCUT2D eigenvalue weighted by Crippen LogP contribution is 2.23. The van der Waals surface area contributed by atoms with Crippen molar-refractivity contribution < 1.29 is 4.74 Å². The highest BCUT2D eigenvalue weighted by Gasteiger charge is 2.09. The van der Waals surface area contributed by atoms with E-state index in [1.165, 1.54) is 6.33 Å². The van der Waals surface area contributed by atoms with Crippen LogP contribution in [0.3, 0.4) is 0 Å². The number of rotatable bonds is 4. The van der Waals surface area contributed by atoms with E-state index in [1.54, 1.807) is 18.3 Å². The third kappa shape index (κ3) is 3.00. The Kier molecular flexibility index (Phi) is 3.79. The summed E-state index contributed by atoms with van der Waals surface area (Å²) in [6.07, 6.45) is 2.98. The highest BCUT2D eigenvalue weighted by molar-refractivity contribution is 6.30. The third-order valence-corrected chi connectivity index (χ3v) is 2.94. The van der Waals surface area contributed by atoms with Gasteiger partial charge in [0.25, 0.3) is 0 Å². The third-order valence-electron chi connectivity index (χ3n) is 2.70. The Morgan fingerprint density at radius 1 is 1.24 bits per heavy atom. The van der Waals surface area contributed by atoms with Crippen LogP contribution in [0, 0.1) is 0 Å². The summed E-state index contributed by atoms with van der Waals surface area (Å²) in [4.78, 5) is 16.9. The van der Waals surface area contributed by atoms with Gasteiger partial charge < -0.3 is 10.1 Å². The Balaban J connectivity index is 2.02. The molecule has 0 aliphatic carbocycles. The maximum Gasteiger partial charge on any atom is 0.233 e. The van der Waals surface area contributed by atoms with Gasteiger partial charge in [-0.1, -0.05) is 17.7 Å². The predicted molar refractivity (Wildman–Crippen MR) is 81.0 cm³/mol. The number of hydrogen-bond acceptors (Lipinski definition) is 6. The summed E-state index contributed by atoms with van der Waals surface area (Å²) in [5, 5.41) is 3.80. The minimum Gasteiger partial charge on any atom is -0.477 e. The van der Waals surface area contributed by atoms with Crippen molar-refractivity contribution in [3.63, 3.8) is 0 Å². The normalized spacial score (nSPS) is 10.6. The summed E-state index contributed by atoms with van der Waals surface area (Å²) in [5.41, 5.74) is 1.85. The molecule has 3 aromatic rings. The molecule has 0 aliphatic rings. The molecular formula is C14H12ClN5O. The second kappa shape index (κ2) is 5.88. The Morgan fingerprint density at radius 2 is 2.14 bits per heavy atom. The maximum absolute atomic E-state index is 5.98. The highest BCUT2D eigenvalue weighted by atomic mass is 35.5. The fourth-order valence-corrected chi connectivity index (χ4v) is 2.02. The lowest BCUT2D eigenvalue weighted by molar-refractivity contribution is 0.326. The second-order valence-electron chi connectivity index (χ2n) is 4.17. The van der Waals surface area contributed by atoms with Gasteiger partial charge in [-0.05, 0) is 25.1 Å². The van der Waals surface area contributed by atoms with Crippen molar-refractivity contribution in [1.29, 1.82) is 0 Å². The fourth-order valence-electron chi connectivity index (χ4n) is 1.83. The summed E-state index contributed by atoms with van der Waals surface area (Å²) in [6, 6.07) is 7.35. The first kappa shape index (κ1) is 13.5. The molecule has 21 heavy (non-hydrogen) atoms. The molecule has 0 radical (unpaired) electrons. The number of ether oxygens (including phenoxy) is 1. The van der Waals surface area contributed by atoms with Crippen LogP contribution in [0.4, 0.5) is 11.5 Å². The van der Waals surface area contributed by atoms with Crippen molar-refractivity contribution in [2.24, 2.45) is 0 Å². The van der Waals surface area contributed by atoms with Crippen LogP contribution < -0.4 is 10.1 Å². The van der Waals surface area contributed by atoms with E-state index in [-0.39, 0.29) is 0 Å². The first-order valence-electron chi connectivity index (χ1n) is 6.39. The van der Waals surface area contributed by atoms with Gasteiger partial charge >= 0.3 is 0 Å². The minimum atomic E-state index is 0.439. The van der Waals surface area contributed by atoms with Crippen LogP contribution >= 0.6 is 11.6 Å². The number of halogens is 1. The predicted octanol–water partition coefficient (Wildman–Crippen LogP) is 3.22. The van der Waals surface area contributed by atoms with Crippen LogP contribution in [0.25, 0.3) is 11.2 Å². The first-order valence-corrected chi connectivity index (χ1v) is 6.77. The zero-order chi connectivity index (χ0) is 14.7. The van der Waals surface area contributed by atoms with Crippen molar-refractivity contribution in [3.8, 4) is 5.88 Å². The average molecular weight is 302 g/mol. The van der Waals surface area contributed by atoms with Crippen LogP contribution in [0.1, 0.15) is 6.92 Å². The summed E-state index contributed by atoms with van der Waals surface area (Å²) in [5.74, 6) is 0.991. The standard InChI is InChI=1S/C14H12ClN5O/c1-2-21-11-7-16-13-12(20-11)14(18-8-17-13)19-10-5-3-4-9(15)6-10/h3-8H,2H2,1H3,(H,16,17,18,19). The summed E-state index contributed by atoms with van der Waals surface area (Å²) >= 11 is 5.98. The second-order valence-corrected chi connectivity index (χ2v) is 4.61. The van der Waals surface area contributed by atoms with Gasteiger partial charge in [0.15, 0.2) is 17.0 Å². The fraction of sp³-hybridized carbons (Fsp3) is 0.143. The van der Waals surface area contributed by atoms with Crippen LogP contribution in [0.15, 0.2) is 36.8 Å². The molecule has 1 aromatic carbocycles. The Labute approximate surface area is 126 Å². The molecule has 0 spiro atoms. The number of anilines is 2. The molecular weight excluding hydrogens is 290 g/mol. The van der Waals surface area contributed by atoms with Gasteiger partial charge in [0, 0.05) is 10.7 Å². The quantitative estimate of drug-likeness (QED) is 0.797. The maximum atomic E-state index is 5.98. The van der Waals surface area contributed by atoms with Crippen LogP contribution in [-0.4, -0.2) is 26.5 Å². The van der Waals surface area contributed by atoms with E-state index in [1.807, 2.05) is 19.1 Å². The van der Waals surface area contributed by atoms with E-state index in [0.29, 0.717) is 34.5 Å². The Hall–Kier alpha value is -2.47. The molecule has 1 N–H and O–H groups in total. The lowest BCUT2D eigenvalue weighted by Gasteiger charge is -2.08. The smallest absolute Gasteiger partial charge is 0.233 e. The van der Waals surface area contributed by atoms with E-state index in [2.05, 4.69) is 25.3 Å². The van der Waals surface area contributed by atoms with Gasteiger partial charge in [0.2, 0.25) is 5.88 Å². The van der Waals surface area contributed by atoms with Crippen molar-refractivity contribution in [2.75, 3.05) is 11.9 Å². The number of hydrogen-bond donors (Lipinski definition) is 1. The lowest BCUT2D eigenvalue weighted by atomic mass is 10.3. The Bertz CT molecular complexity index is 780. The van der Waals surface area contributed by atoms with E-state index in [0.717, 1.165) is 5.69 Å². The number of benzene rings is 1. The van der Waals surface area contributed by atoms with E-state index >= 15 is 0 Å². The van der Waals surface area contributed by atoms with Crippen LogP contribution in [0.2, 0.25) is 5.02 Å². The average Bonchev–Trinajstić information content (AvgIpc) is 2.48. The zero-order valence-electron chi connectivity index (χ0n) is 11.2. The van der Waals surface area contributed by atoms with Crippen molar-refractivity contribution in [3.05, 3.63) is 41.8 Å². The first-order chi connectivity index (χ1) is 10.3. The molecule has 0 amide bonds. The number of aromatic nitrogens is 4. The van der Waals surface area contributed by atoms with Crippen LogP contribution in [0.5, 0.6) is 5.88 Å². The Morgan fingerprint density at radius 3 is 2.95 bits per heavy atom. The monoisotopic (exact) mass is 301 g/mol. The van der Waals surface area contributed by atoms with Crippen molar-refractivity contribution in [1.82, 2.24) is 19.9 Å². The lowest BCUT2D eigenvalue weighted by Crippen LogP contribution is -2.01. The van der Waals surface area contributed by atoms with Gasteiger partial charge in [-0.2, -0.15) is 0 Å². The molecule has 2 heterocycles. The molecule has 0 saturated heterocycles. The topological polar surface area (TPSA) is 72.8 Å². The SMILES string of the molecule is CCOc1cnc2ncnc(Nc3cccc(Cl)c3)c2n1. The van der Waals surface area contributed by atoms with Gasteiger partial charge in [-0.15, -0.1) is 0 Å². The molecule has 6 nitrogen and oxygen atoms in total. The molecule has 0 bridgehead atoms. The molecule has 0 aliphatic heterocycles. The molecule has 2 aromatic heterocycles. The number of nitrogens with one attached hydrogen (secondary N) is 1. The number of fused-ring (bicyclic) bond motifs is 1. The van der Waals surface area contributed by atoms with Crippen molar-refractivity contribution in [2.45, 2.75) is 6.92 Å². The molecule has 0 unspecified atom stereocenters. The molecule has 106 valence electrons. The van der Waals surface area contributed by atoms with E-state index < -0.39 is 0 Å². The van der Waals surface area contributed by atoms with Gasteiger partial charge in [0.05, 0.1) is 12.8 Å². The zero-order valence-corrected chi connectivity index (χ0v) is 12.0. The molecule has 0 saturated carbocycles. The molecule has 7 heteroatoms. The van der Waals surface area contributed by atoms with Gasteiger partial charge in [0.1, 0.15) is 6.33 Å². The van der Waals surface area contributed by atoms with Crippen molar-refractivity contribution >= 4 is 34.3 Å². The number of nitrogens with zero attached hydrogens (tertiary/aromatic N) is 4. The summed E-state index contributed by atoms with van der Waals surface area (Å²) in [6.45, 7) is 2.41. The molecule has 3 rings (SSSR count). The van der Waals surface area contributed by atoms with Gasteiger partial charge in [-0.25, -0.2) is 19.9 Å². The summed E-state index contributed by atoms with van der Waals surface area (Å²) in [7, 11) is 0. The van der Waals surface area contributed by atoms with Gasteiger partial charge in [-0.3, -0.25) is 0 Å².